The first-order valence-electron chi connectivity index (χ1n) is 7.30. The van der Waals surface area contributed by atoms with Gasteiger partial charge in [-0.1, -0.05) is 24.2 Å². The van der Waals surface area contributed by atoms with Crippen LogP contribution in [0.2, 0.25) is 0 Å². The molecule has 1 aromatic heterocycles. The second-order valence-corrected chi connectivity index (χ2v) is 7.04. The van der Waals surface area contributed by atoms with Gasteiger partial charge in [0.25, 0.3) is 0 Å². The van der Waals surface area contributed by atoms with Crippen molar-refractivity contribution in [3.63, 3.8) is 0 Å². The monoisotopic (exact) mass is 370 g/mol. The van der Waals surface area contributed by atoms with Gasteiger partial charge in [0.15, 0.2) is 0 Å². The lowest BCUT2D eigenvalue weighted by Crippen LogP contribution is -2.44. The fourth-order valence-electron chi connectivity index (χ4n) is 3.46. The maximum absolute atomic E-state index is 12.6. The van der Waals surface area contributed by atoms with Gasteiger partial charge in [0.05, 0.1) is 11.8 Å². The van der Waals surface area contributed by atoms with Crippen molar-refractivity contribution < 1.29 is 18.0 Å². The molecule has 23 heavy (non-hydrogen) atoms. The van der Waals surface area contributed by atoms with Crippen LogP contribution < -0.4 is 10.6 Å². The highest BCUT2D eigenvalue weighted by atomic mass is 35.5. The Morgan fingerprint density at radius 2 is 2.17 bits per heavy atom. The summed E-state index contributed by atoms with van der Waals surface area (Å²) in [7, 11) is 0. The van der Waals surface area contributed by atoms with E-state index in [-0.39, 0.29) is 28.5 Å². The minimum atomic E-state index is -4.32. The number of hydrogen-bond acceptors (Lipinski definition) is 5. The summed E-state index contributed by atoms with van der Waals surface area (Å²) in [4.78, 5) is 12.6. The third-order valence-electron chi connectivity index (χ3n) is 4.53. The van der Waals surface area contributed by atoms with E-state index in [0.29, 0.717) is 12.5 Å². The first-order chi connectivity index (χ1) is 10.4. The van der Waals surface area contributed by atoms with Gasteiger partial charge in [-0.05, 0) is 25.3 Å². The predicted molar refractivity (Wildman–Crippen MR) is 82.8 cm³/mol. The highest BCUT2D eigenvalue weighted by Crippen LogP contribution is 2.44. The molecule has 1 aromatic rings. The lowest BCUT2D eigenvalue weighted by atomic mass is 9.68. The van der Waals surface area contributed by atoms with E-state index < -0.39 is 18.0 Å². The zero-order chi connectivity index (χ0) is 15.8. The van der Waals surface area contributed by atoms with E-state index in [1.165, 1.54) is 0 Å². The molecule has 1 saturated carbocycles. The molecule has 1 aliphatic heterocycles. The molecule has 2 heterocycles. The van der Waals surface area contributed by atoms with Crippen LogP contribution in [-0.4, -0.2) is 35.4 Å². The van der Waals surface area contributed by atoms with Gasteiger partial charge in [-0.3, -0.25) is 10.1 Å². The lowest BCUT2D eigenvalue weighted by Gasteiger charge is -2.36. The largest absolute Gasteiger partial charge is 0.395 e. The van der Waals surface area contributed by atoms with Gasteiger partial charge in [0.1, 0.15) is 5.01 Å². The molecule has 0 radical (unpaired) electrons. The van der Waals surface area contributed by atoms with E-state index in [9.17, 15) is 18.0 Å². The third kappa shape index (κ3) is 3.95. The minimum Gasteiger partial charge on any atom is -0.315 e. The lowest BCUT2D eigenvalue weighted by molar-refractivity contribution is -0.128. The van der Waals surface area contributed by atoms with Crippen LogP contribution in [0.1, 0.15) is 30.7 Å². The van der Waals surface area contributed by atoms with Crippen molar-refractivity contribution in [3.05, 3.63) is 5.01 Å². The third-order valence-corrected chi connectivity index (χ3v) is 5.37. The number of hydrogen-bond donors (Lipinski definition) is 2. The molecular weight excluding hydrogens is 353 g/mol. The number of carbonyl (C=O) groups excluding carboxylic acids is 1. The first-order valence-corrected chi connectivity index (χ1v) is 8.12. The van der Waals surface area contributed by atoms with Crippen molar-refractivity contribution in [2.24, 2.45) is 11.3 Å². The topological polar surface area (TPSA) is 66.9 Å². The summed E-state index contributed by atoms with van der Waals surface area (Å²) in [5.41, 5.74) is -0.450. The summed E-state index contributed by atoms with van der Waals surface area (Å²) in [5, 5.41) is 13.1. The number of carbonyl (C=O) groups is 1. The zero-order valence-corrected chi connectivity index (χ0v) is 13.9. The van der Waals surface area contributed by atoms with Crippen LogP contribution in [-0.2, 0) is 11.2 Å². The average molecular weight is 371 g/mol. The van der Waals surface area contributed by atoms with Crippen molar-refractivity contribution in [1.82, 2.24) is 15.5 Å². The van der Waals surface area contributed by atoms with Crippen LogP contribution in [0.5, 0.6) is 0 Å². The fourth-order valence-corrected chi connectivity index (χ4v) is 4.23. The molecule has 10 heteroatoms. The van der Waals surface area contributed by atoms with Crippen molar-refractivity contribution in [2.45, 2.75) is 38.3 Å². The molecular formula is C13H18ClF3N4OS. The number of halogens is 4. The Morgan fingerprint density at radius 3 is 2.91 bits per heavy atom. The number of alkyl halides is 3. The molecule has 0 unspecified atom stereocenters. The molecule has 1 aliphatic carbocycles. The number of aromatic nitrogens is 2. The molecule has 1 saturated heterocycles. The molecule has 5 nitrogen and oxygen atoms in total. The summed E-state index contributed by atoms with van der Waals surface area (Å²) >= 11 is 0.788. The molecule has 0 spiro atoms. The Bertz CT molecular complexity index is 568. The second kappa shape index (κ2) is 6.90. The molecule has 2 aliphatic rings. The Balaban J connectivity index is 0.00000192. The maximum Gasteiger partial charge on any atom is 0.395 e. The smallest absolute Gasteiger partial charge is 0.315 e. The molecule has 0 bridgehead atoms. The van der Waals surface area contributed by atoms with Gasteiger partial charge in [0, 0.05) is 6.54 Å². The van der Waals surface area contributed by atoms with E-state index in [0.717, 1.165) is 43.6 Å². The minimum absolute atomic E-state index is 0. The van der Waals surface area contributed by atoms with Gasteiger partial charge < -0.3 is 5.32 Å². The van der Waals surface area contributed by atoms with Crippen LogP contribution in [0, 0.1) is 11.3 Å². The molecule has 2 fully saturated rings. The molecule has 0 aromatic carbocycles. The predicted octanol–water partition coefficient (Wildman–Crippen LogP) is 2.78. The standard InChI is InChI=1S/C13H17F3N4OS.ClH/c14-13(15,16)5-9-19-20-11(22-9)18-10(21)12-4-2-1-3-8(12)6-17-7-12;/h8,17H,1-7H2,(H,18,20,21);1H/t8-,12+;/m0./s1. The Labute approximate surface area is 141 Å². The van der Waals surface area contributed by atoms with Crippen molar-refractivity contribution >= 4 is 34.8 Å². The number of anilines is 1. The molecule has 3 rings (SSSR count). The quantitative estimate of drug-likeness (QED) is 0.858. The SMILES string of the molecule is Cl.O=C(Nc1nnc(CC(F)(F)F)s1)[C@@]12CCCC[C@H]1CNC2. The van der Waals surface area contributed by atoms with Crippen LogP contribution in [0.15, 0.2) is 0 Å². The molecule has 2 N–H and O–H groups in total. The van der Waals surface area contributed by atoms with E-state index in [2.05, 4.69) is 20.8 Å². The number of fused-ring (bicyclic) bond motifs is 1. The number of amides is 1. The van der Waals surface area contributed by atoms with Gasteiger partial charge >= 0.3 is 6.18 Å². The summed E-state index contributed by atoms with van der Waals surface area (Å²) in [6.45, 7) is 1.45. The van der Waals surface area contributed by atoms with Gasteiger partial charge in [-0.25, -0.2) is 0 Å². The van der Waals surface area contributed by atoms with E-state index >= 15 is 0 Å². The average Bonchev–Trinajstić information content (AvgIpc) is 3.04. The molecule has 130 valence electrons. The van der Waals surface area contributed by atoms with Crippen LogP contribution in [0.4, 0.5) is 18.3 Å². The van der Waals surface area contributed by atoms with E-state index in [4.69, 9.17) is 0 Å². The summed E-state index contributed by atoms with van der Waals surface area (Å²) in [6.07, 6.45) is -1.49. The molecule has 2 atom stereocenters. The summed E-state index contributed by atoms with van der Waals surface area (Å²) in [6, 6.07) is 0. The highest BCUT2D eigenvalue weighted by molar-refractivity contribution is 7.15. The Hall–Kier alpha value is -0.930. The van der Waals surface area contributed by atoms with Crippen LogP contribution in [0.3, 0.4) is 0 Å². The highest BCUT2D eigenvalue weighted by Gasteiger charge is 2.50. The Morgan fingerprint density at radius 1 is 1.39 bits per heavy atom. The normalized spacial score (nSPS) is 27.2. The fraction of sp³-hybridized carbons (Fsp3) is 0.769. The second-order valence-electron chi connectivity index (χ2n) is 5.98. The number of nitrogens with one attached hydrogen (secondary N) is 2. The van der Waals surface area contributed by atoms with Gasteiger partial charge in [0.2, 0.25) is 11.0 Å². The molecule has 1 amide bonds. The van der Waals surface area contributed by atoms with Gasteiger partial charge in [-0.2, -0.15) is 13.2 Å². The van der Waals surface area contributed by atoms with Crippen molar-refractivity contribution in [3.8, 4) is 0 Å². The van der Waals surface area contributed by atoms with E-state index in [1.807, 2.05) is 0 Å². The Kier molecular flexibility index (Phi) is 5.52. The summed E-state index contributed by atoms with van der Waals surface area (Å²) in [5.74, 6) is 0.153. The number of rotatable bonds is 3. The van der Waals surface area contributed by atoms with Crippen molar-refractivity contribution in [1.29, 1.82) is 0 Å². The number of nitrogens with zero attached hydrogens (tertiary/aromatic N) is 2. The van der Waals surface area contributed by atoms with Crippen molar-refractivity contribution in [2.75, 3.05) is 18.4 Å². The van der Waals surface area contributed by atoms with E-state index in [1.54, 1.807) is 0 Å². The first kappa shape index (κ1) is 18.4. The zero-order valence-electron chi connectivity index (χ0n) is 12.3. The maximum atomic E-state index is 12.6. The summed E-state index contributed by atoms with van der Waals surface area (Å²) < 4.78 is 37.0. The van der Waals surface area contributed by atoms with Crippen LogP contribution in [0.25, 0.3) is 0 Å². The van der Waals surface area contributed by atoms with Crippen LogP contribution >= 0.6 is 23.7 Å². The van der Waals surface area contributed by atoms with Gasteiger partial charge in [-0.15, -0.1) is 22.6 Å².